The molecule has 0 saturated heterocycles. The Bertz CT molecular complexity index is 1010. The van der Waals surface area contributed by atoms with E-state index in [1.807, 2.05) is 43.1 Å². The predicted octanol–water partition coefficient (Wildman–Crippen LogP) is 6.83. The molecule has 0 spiro atoms. The zero-order valence-electron chi connectivity index (χ0n) is 19.4. The van der Waals surface area contributed by atoms with E-state index in [4.69, 9.17) is 16.6 Å². The molecule has 0 unspecified atom stereocenters. The number of hydrogen-bond donors (Lipinski definition) is 0. The van der Waals surface area contributed by atoms with E-state index < -0.39 is 0 Å². The van der Waals surface area contributed by atoms with Crippen LogP contribution in [0.4, 0.5) is 11.5 Å². The molecule has 0 aliphatic carbocycles. The Kier molecular flexibility index (Phi) is 8.29. The van der Waals surface area contributed by atoms with Crippen LogP contribution in [0.15, 0.2) is 60.8 Å². The van der Waals surface area contributed by atoms with E-state index in [-0.39, 0.29) is 5.91 Å². The fraction of sp³-hybridized carbons (Fsp3) is 0.333. The van der Waals surface area contributed by atoms with Crippen LogP contribution in [0.3, 0.4) is 0 Å². The number of amides is 1. The number of pyridine rings is 1. The fourth-order valence-corrected chi connectivity index (χ4v) is 4.12. The van der Waals surface area contributed by atoms with Gasteiger partial charge >= 0.3 is 0 Å². The number of anilines is 2. The standard InChI is InChI=1S/C27H32ClN3O/c1-5-16-30(17-6-2)25-15-10-22(18-29-25)19-31(26-20(3)8-7-9-21(26)4)27(32)23-11-13-24(28)14-12-23/h7-15,18H,5-6,16-17,19H2,1-4H3. The largest absolute Gasteiger partial charge is 0.357 e. The Morgan fingerprint density at radius 3 is 2.06 bits per heavy atom. The highest BCUT2D eigenvalue weighted by Crippen LogP contribution is 2.28. The van der Waals surface area contributed by atoms with Crippen molar-refractivity contribution < 1.29 is 4.79 Å². The van der Waals surface area contributed by atoms with Gasteiger partial charge in [0.1, 0.15) is 5.82 Å². The van der Waals surface area contributed by atoms with Gasteiger partial charge in [-0.3, -0.25) is 4.79 Å². The van der Waals surface area contributed by atoms with E-state index in [0.717, 1.165) is 54.1 Å². The molecule has 0 radical (unpaired) electrons. The van der Waals surface area contributed by atoms with E-state index in [9.17, 15) is 4.79 Å². The average molecular weight is 450 g/mol. The van der Waals surface area contributed by atoms with Gasteiger partial charge in [0.05, 0.1) is 12.2 Å². The molecule has 0 fully saturated rings. The second-order valence-corrected chi connectivity index (χ2v) is 8.59. The second-order valence-electron chi connectivity index (χ2n) is 8.15. The molecule has 0 N–H and O–H groups in total. The van der Waals surface area contributed by atoms with E-state index in [2.05, 4.69) is 30.9 Å². The number of carbonyl (C=O) groups is 1. The lowest BCUT2D eigenvalue weighted by atomic mass is 10.1. The molecule has 2 aromatic carbocycles. The first-order valence-corrected chi connectivity index (χ1v) is 11.7. The summed E-state index contributed by atoms with van der Waals surface area (Å²) in [6.07, 6.45) is 4.06. The van der Waals surface area contributed by atoms with Crippen LogP contribution in [0.5, 0.6) is 0 Å². The Balaban J connectivity index is 1.94. The summed E-state index contributed by atoms with van der Waals surface area (Å²) in [6.45, 7) is 10.9. The summed E-state index contributed by atoms with van der Waals surface area (Å²) in [4.78, 5) is 22.4. The van der Waals surface area contributed by atoms with E-state index in [0.29, 0.717) is 17.1 Å². The maximum atomic E-state index is 13.6. The van der Waals surface area contributed by atoms with Gasteiger partial charge < -0.3 is 9.80 Å². The molecule has 1 heterocycles. The Hall–Kier alpha value is -2.85. The zero-order chi connectivity index (χ0) is 23.1. The van der Waals surface area contributed by atoms with Gasteiger partial charge in [-0.2, -0.15) is 0 Å². The number of halogens is 1. The monoisotopic (exact) mass is 449 g/mol. The van der Waals surface area contributed by atoms with Crippen LogP contribution in [-0.2, 0) is 6.54 Å². The topological polar surface area (TPSA) is 36.4 Å². The van der Waals surface area contributed by atoms with Gasteiger partial charge in [0.15, 0.2) is 0 Å². The molecule has 32 heavy (non-hydrogen) atoms. The Morgan fingerprint density at radius 1 is 0.906 bits per heavy atom. The fourth-order valence-electron chi connectivity index (χ4n) is 3.99. The van der Waals surface area contributed by atoms with Crippen LogP contribution >= 0.6 is 11.6 Å². The number of nitrogens with zero attached hydrogens (tertiary/aromatic N) is 3. The van der Waals surface area contributed by atoms with Gasteiger partial charge in [-0.1, -0.05) is 49.7 Å². The first-order chi connectivity index (χ1) is 15.4. The summed E-state index contributed by atoms with van der Waals surface area (Å²) >= 11 is 6.04. The lowest BCUT2D eigenvalue weighted by Gasteiger charge is -2.27. The molecule has 0 aliphatic rings. The molecule has 0 bridgehead atoms. The van der Waals surface area contributed by atoms with Crippen molar-refractivity contribution in [1.29, 1.82) is 0 Å². The minimum absolute atomic E-state index is 0.0539. The number of rotatable bonds is 9. The van der Waals surface area contributed by atoms with Crippen LogP contribution in [0.2, 0.25) is 5.02 Å². The van der Waals surface area contributed by atoms with Crippen molar-refractivity contribution in [2.24, 2.45) is 0 Å². The summed E-state index contributed by atoms with van der Waals surface area (Å²) in [5.74, 6) is 0.932. The van der Waals surface area contributed by atoms with Crippen molar-refractivity contribution in [2.45, 2.75) is 47.1 Å². The molecular weight excluding hydrogens is 418 g/mol. The molecule has 5 heteroatoms. The molecule has 0 atom stereocenters. The number of para-hydroxylation sites is 1. The Labute approximate surface area is 196 Å². The van der Waals surface area contributed by atoms with Gasteiger partial charge in [0.2, 0.25) is 0 Å². The van der Waals surface area contributed by atoms with Gasteiger partial charge in [0.25, 0.3) is 5.91 Å². The third-order valence-electron chi connectivity index (χ3n) is 5.51. The van der Waals surface area contributed by atoms with Gasteiger partial charge in [-0.05, 0) is 73.7 Å². The van der Waals surface area contributed by atoms with Crippen LogP contribution in [0.1, 0.15) is 53.7 Å². The molecular formula is C27H32ClN3O. The van der Waals surface area contributed by atoms with E-state index in [1.54, 1.807) is 24.3 Å². The lowest BCUT2D eigenvalue weighted by molar-refractivity contribution is 0.0985. The number of benzene rings is 2. The molecule has 1 aromatic heterocycles. The first kappa shape index (κ1) is 23.8. The smallest absolute Gasteiger partial charge is 0.258 e. The summed E-state index contributed by atoms with van der Waals surface area (Å²) in [6, 6.07) is 17.3. The summed E-state index contributed by atoms with van der Waals surface area (Å²) < 4.78 is 0. The SMILES string of the molecule is CCCN(CCC)c1ccc(CN(C(=O)c2ccc(Cl)cc2)c2c(C)cccc2C)cn1. The highest BCUT2D eigenvalue weighted by molar-refractivity contribution is 6.30. The van der Waals surface area contributed by atoms with Gasteiger partial charge in [0, 0.05) is 29.9 Å². The maximum absolute atomic E-state index is 13.6. The molecule has 4 nitrogen and oxygen atoms in total. The van der Waals surface area contributed by atoms with Crippen molar-refractivity contribution in [3.05, 3.63) is 88.1 Å². The third-order valence-corrected chi connectivity index (χ3v) is 5.76. The highest BCUT2D eigenvalue weighted by Gasteiger charge is 2.22. The van der Waals surface area contributed by atoms with Gasteiger partial charge in [-0.25, -0.2) is 4.98 Å². The third kappa shape index (κ3) is 5.68. The number of hydrogen-bond acceptors (Lipinski definition) is 3. The van der Waals surface area contributed by atoms with E-state index >= 15 is 0 Å². The van der Waals surface area contributed by atoms with Gasteiger partial charge in [-0.15, -0.1) is 0 Å². The van der Waals surface area contributed by atoms with Crippen molar-refractivity contribution >= 4 is 29.0 Å². The molecule has 1 amide bonds. The van der Waals surface area contributed by atoms with E-state index in [1.165, 1.54) is 0 Å². The lowest BCUT2D eigenvalue weighted by Crippen LogP contribution is -2.32. The Morgan fingerprint density at radius 2 is 1.53 bits per heavy atom. The molecule has 3 aromatic rings. The summed E-state index contributed by atoms with van der Waals surface area (Å²) in [5.41, 5.74) is 4.67. The van der Waals surface area contributed by atoms with Crippen LogP contribution in [0.25, 0.3) is 0 Å². The molecule has 3 rings (SSSR count). The summed E-state index contributed by atoms with van der Waals surface area (Å²) in [5, 5.41) is 0.615. The molecule has 0 aliphatic heterocycles. The zero-order valence-corrected chi connectivity index (χ0v) is 20.2. The maximum Gasteiger partial charge on any atom is 0.258 e. The first-order valence-electron chi connectivity index (χ1n) is 11.3. The average Bonchev–Trinajstić information content (AvgIpc) is 2.79. The molecule has 0 saturated carbocycles. The molecule has 168 valence electrons. The predicted molar refractivity (Wildman–Crippen MR) is 135 cm³/mol. The van der Waals surface area contributed by atoms with Crippen molar-refractivity contribution in [3.63, 3.8) is 0 Å². The number of carbonyl (C=O) groups excluding carboxylic acids is 1. The second kappa shape index (κ2) is 11.1. The van der Waals surface area contributed by atoms with Crippen molar-refractivity contribution in [3.8, 4) is 0 Å². The highest BCUT2D eigenvalue weighted by atomic mass is 35.5. The van der Waals surface area contributed by atoms with Crippen molar-refractivity contribution in [2.75, 3.05) is 22.9 Å². The van der Waals surface area contributed by atoms with Crippen LogP contribution in [0, 0.1) is 13.8 Å². The van der Waals surface area contributed by atoms with Crippen LogP contribution in [-0.4, -0.2) is 24.0 Å². The van der Waals surface area contributed by atoms with Crippen molar-refractivity contribution in [1.82, 2.24) is 4.98 Å². The quantitative estimate of drug-likeness (QED) is 0.359. The number of aromatic nitrogens is 1. The van der Waals surface area contributed by atoms with Crippen LogP contribution < -0.4 is 9.80 Å². The minimum atomic E-state index is -0.0539. The normalized spacial score (nSPS) is 10.8. The minimum Gasteiger partial charge on any atom is -0.357 e. The number of aryl methyl sites for hydroxylation is 2. The summed E-state index contributed by atoms with van der Waals surface area (Å²) in [7, 11) is 0.